The number of ether oxygens (including phenoxy) is 1. The van der Waals surface area contributed by atoms with Crippen molar-refractivity contribution in [3.8, 4) is 5.75 Å². The Hall–Kier alpha value is -1.95. The third kappa shape index (κ3) is 3.21. The molecule has 21 heavy (non-hydrogen) atoms. The summed E-state index contributed by atoms with van der Waals surface area (Å²) in [7, 11) is 1.48. The summed E-state index contributed by atoms with van der Waals surface area (Å²) < 4.78 is 20.6. The lowest BCUT2D eigenvalue weighted by Gasteiger charge is -2.24. The SMILES string of the molecule is COc1ccc(CN2CCCC2Cn2cncn2)cc1F. The molecule has 1 aliphatic rings. The number of aromatic nitrogens is 3. The van der Waals surface area contributed by atoms with Crippen molar-refractivity contribution in [1.82, 2.24) is 19.7 Å². The van der Waals surface area contributed by atoms with Gasteiger partial charge in [0.2, 0.25) is 0 Å². The van der Waals surface area contributed by atoms with E-state index in [1.165, 1.54) is 7.11 Å². The molecule has 1 unspecified atom stereocenters. The molecule has 112 valence electrons. The standard InChI is InChI=1S/C15H19FN4O/c1-21-15-5-4-12(7-14(15)16)8-19-6-2-3-13(19)9-20-11-17-10-18-20/h4-5,7,10-11,13H,2-3,6,8-9H2,1H3. The van der Waals surface area contributed by atoms with E-state index in [0.29, 0.717) is 11.8 Å². The van der Waals surface area contributed by atoms with E-state index in [1.54, 1.807) is 24.8 Å². The molecule has 0 N–H and O–H groups in total. The zero-order chi connectivity index (χ0) is 14.7. The quantitative estimate of drug-likeness (QED) is 0.845. The minimum atomic E-state index is -0.304. The largest absolute Gasteiger partial charge is 0.494 e. The van der Waals surface area contributed by atoms with E-state index >= 15 is 0 Å². The summed E-state index contributed by atoms with van der Waals surface area (Å²) in [4.78, 5) is 6.35. The van der Waals surface area contributed by atoms with E-state index in [1.807, 2.05) is 10.7 Å². The lowest BCUT2D eigenvalue weighted by Crippen LogP contribution is -2.32. The molecule has 3 rings (SSSR count). The molecule has 1 atom stereocenters. The molecule has 5 nitrogen and oxygen atoms in total. The maximum Gasteiger partial charge on any atom is 0.165 e. The first-order valence-corrected chi connectivity index (χ1v) is 7.15. The molecule has 6 heteroatoms. The minimum absolute atomic E-state index is 0.291. The molecule has 0 spiro atoms. The summed E-state index contributed by atoms with van der Waals surface area (Å²) in [5.74, 6) is -0.0126. The number of rotatable bonds is 5. The molecular formula is C15H19FN4O. The third-order valence-electron chi connectivity index (χ3n) is 3.97. The molecule has 1 fully saturated rings. The van der Waals surface area contributed by atoms with Crippen LogP contribution < -0.4 is 4.74 Å². The van der Waals surface area contributed by atoms with Crippen molar-refractivity contribution in [2.45, 2.75) is 32.0 Å². The highest BCUT2D eigenvalue weighted by Gasteiger charge is 2.25. The summed E-state index contributed by atoms with van der Waals surface area (Å²) in [5.41, 5.74) is 0.971. The molecule has 1 aliphatic heterocycles. The molecule has 0 amide bonds. The Kier molecular flexibility index (Phi) is 4.15. The van der Waals surface area contributed by atoms with Crippen LogP contribution >= 0.6 is 0 Å². The van der Waals surface area contributed by atoms with Gasteiger partial charge in [0.15, 0.2) is 11.6 Å². The number of hydrogen-bond acceptors (Lipinski definition) is 4. The zero-order valence-corrected chi connectivity index (χ0v) is 12.1. The second-order valence-electron chi connectivity index (χ2n) is 5.35. The lowest BCUT2D eigenvalue weighted by molar-refractivity contribution is 0.218. The second kappa shape index (κ2) is 6.22. The van der Waals surface area contributed by atoms with E-state index in [2.05, 4.69) is 15.0 Å². The Bertz CT molecular complexity index is 587. The van der Waals surface area contributed by atoms with Crippen molar-refractivity contribution >= 4 is 0 Å². The van der Waals surface area contributed by atoms with Crippen LogP contribution in [-0.4, -0.2) is 39.4 Å². The van der Waals surface area contributed by atoms with Gasteiger partial charge < -0.3 is 4.74 Å². The normalized spacial score (nSPS) is 19.0. The molecule has 1 saturated heterocycles. The van der Waals surface area contributed by atoms with Gasteiger partial charge in [-0.2, -0.15) is 5.10 Å². The first-order valence-electron chi connectivity index (χ1n) is 7.15. The number of halogens is 1. The third-order valence-corrected chi connectivity index (χ3v) is 3.97. The van der Waals surface area contributed by atoms with Crippen LogP contribution in [0.25, 0.3) is 0 Å². The van der Waals surface area contributed by atoms with Crippen LogP contribution in [0.15, 0.2) is 30.9 Å². The Labute approximate surface area is 123 Å². The second-order valence-corrected chi connectivity index (χ2v) is 5.35. The van der Waals surface area contributed by atoms with Crippen molar-refractivity contribution < 1.29 is 9.13 Å². The fourth-order valence-corrected chi connectivity index (χ4v) is 2.90. The van der Waals surface area contributed by atoms with Gasteiger partial charge in [0.05, 0.1) is 13.7 Å². The van der Waals surface area contributed by atoms with Gasteiger partial charge in [0, 0.05) is 12.6 Å². The Balaban J connectivity index is 1.67. The first-order chi connectivity index (χ1) is 10.3. The van der Waals surface area contributed by atoms with Crippen molar-refractivity contribution in [2.75, 3.05) is 13.7 Å². The van der Waals surface area contributed by atoms with E-state index in [9.17, 15) is 4.39 Å². The summed E-state index contributed by atoms with van der Waals surface area (Å²) in [5, 5.41) is 4.16. The van der Waals surface area contributed by atoms with E-state index in [-0.39, 0.29) is 5.82 Å². The fraction of sp³-hybridized carbons (Fsp3) is 0.467. The predicted molar refractivity (Wildman–Crippen MR) is 76.4 cm³/mol. The van der Waals surface area contributed by atoms with Gasteiger partial charge >= 0.3 is 0 Å². The van der Waals surface area contributed by atoms with Gasteiger partial charge in [0.1, 0.15) is 12.7 Å². The van der Waals surface area contributed by atoms with E-state index in [4.69, 9.17) is 4.74 Å². The van der Waals surface area contributed by atoms with Crippen LogP contribution in [0.1, 0.15) is 18.4 Å². The number of nitrogens with zero attached hydrogens (tertiary/aromatic N) is 4. The van der Waals surface area contributed by atoms with E-state index in [0.717, 1.165) is 38.0 Å². The van der Waals surface area contributed by atoms with E-state index < -0.39 is 0 Å². The number of methoxy groups -OCH3 is 1. The van der Waals surface area contributed by atoms with Gasteiger partial charge in [-0.1, -0.05) is 6.07 Å². The van der Waals surface area contributed by atoms with Crippen molar-refractivity contribution in [3.63, 3.8) is 0 Å². The maximum absolute atomic E-state index is 13.8. The smallest absolute Gasteiger partial charge is 0.165 e. The van der Waals surface area contributed by atoms with Crippen LogP contribution in [0.4, 0.5) is 4.39 Å². The molecule has 2 aromatic rings. The highest BCUT2D eigenvalue weighted by molar-refractivity contribution is 5.29. The molecule has 1 aromatic heterocycles. The predicted octanol–water partition coefficient (Wildman–Crippen LogP) is 2.09. The number of benzene rings is 1. The molecule has 2 heterocycles. The van der Waals surface area contributed by atoms with Crippen LogP contribution in [0.3, 0.4) is 0 Å². The molecule has 0 aliphatic carbocycles. The van der Waals surface area contributed by atoms with Crippen molar-refractivity contribution in [1.29, 1.82) is 0 Å². The topological polar surface area (TPSA) is 43.2 Å². The summed E-state index contributed by atoms with van der Waals surface area (Å²) in [6.07, 6.45) is 5.60. The summed E-state index contributed by atoms with van der Waals surface area (Å²) in [6.45, 7) is 2.62. The average molecular weight is 290 g/mol. The highest BCUT2D eigenvalue weighted by atomic mass is 19.1. The van der Waals surface area contributed by atoms with Crippen molar-refractivity contribution in [3.05, 3.63) is 42.2 Å². The Morgan fingerprint density at radius 2 is 2.33 bits per heavy atom. The maximum atomic E-state index is 13.8. The van der Waals surface area contributed by atoms with Gasteiger partial charge in [-0.3, -0.25) is 9.58 Å². The van der Waals surface area contributed by atoms with Crippen LogP contribution in [0.5, 0.6) is 5.75 Å². The number of hydrogen-bond donors (Lipinski definition) is 0. The van der Waals surface area contributed by atoms with Gasteiger partial charge in [-0.15, -0.1) is 0 Å². The van der Waals surface area contributed by atoms with Gasteiger partial charge in [0.25, 0.3) is 0 Å². The molecule has 1 aromatic carbocycles. The number of likely N-dealkylation sites (tertiary alicyclic amines) is 1. The Morgan fingerprint density at radius 1 is 1.43 bits per heavy atom. The molecule has 0 radical (unpaired) electrons. The Morgan fingerprint density at radius 3 is 3.05 bits per heavy atom. The van der Waals surface area contributed by atoms with Crippen molar-refractivity contribution in [2.24, 2.45) is 0 Å². The molecule has 0 bridgehead atoms. The summed E-state index contributed by atoms with van der Waals surface area (Å²) >= 11 is 0. The molecule has 0 saturated carbocycles. The summed E-state index contributed by atoms with van der Waals surface area (Å²) in [6, 6.07) is 5.60. The van der Waals surface area contributed by atoms with Gasteiger partial charge in [-0.25, -0.2) is 9.37 Å². The fourth-order valence-electron chi connectivity index (χ4n) is 2.90. The van der Waals surface area contributed by atoms with Gasteiger partial charge in [-0.05, 0) is 37.1 Å². The van der Waals surface area contributed by atoms with Crippen LogP contribution in [0.2, 0.25) is 0 Å². The first kappa shape index (κ1) is 14.0. The average Bonchev–Trinajstić information content (AvgIpc) is 3.12. The highest BCUT2D eigenvalue weighted by Crippen LogP contribution is 2.23. The molecular weight excluding hydrogens is 271 g/mol. The van der Waals surface area contributed by atoms with Crippen LogP contribution in [0, 0.1) is 5.82 Å². The monoisotopic (exact) mass is 290 g/mol. The minimum Gasteiger partial charge on any atom is -0.494 e. The zero-order valence-electron chi connectivity index (χ0n) is 12.1. The lowest BCUT2D eigenvalue weighted by atomic mass is 10.1. The van der Waals surface area contributed by atoms with Crippen LogP contribution in [-0.2, 0) is 13.1 Å².